The minimum absolute atomic E-state index is 0.0676. The number of aliphatic hydroxyl groups is 1. The minimum Gasteiger partial charge on any atom is -0.618 e. The number of imidazole rings is 1. The molecule has 196 valence electrons. The molecule has 3 N–H and O–H groups in total. The molecule has 1 aromatic carbocycles. The van der Waals surface area contributed by atoms with E-state index in [0.717, 1.165) is 0 Å². The molecule has 12 nitrogen and oxygen atoms in total. The van der Waals surface area contributed by atoms with Crippen molar-refractivity contribution >= 4 is 23.3 Å². The van der Waals surface area contributed by atoms with Gasteiger partial charge in [0.1, 0.15) is 18.0 Å². The van der Waals surface area contributed by atoms with E-state index in [1.165, 1.54) is 42.5 Å². The maximum absolute atomic E-state index is 14.7. The van der Waals surface area contributed by atoms with E-state index in [1.807, 2.05) is 6.07 Å². The molecule has 0 aliphatic heterocycles. The lowest BCUT2D eigenvalue weighted by Crippen LogP contribution is -2.42. The number of nitrogens with zero attached hydrogens (tertiary/aromatic N) is 7. The van der Waals surface area contributed by atoms with Crippen LogP contribution in [0.25, 0.3) is 28.1 Å². The Morgan fingerprint density at radius 2 is 2.13 bits per heavy atom. The molecule has 39 heavy (non-hydrogen) atoms. The number of H-pyrrole nitrogens is 1. The summed E-state index contributed by atoms with van der Waals surface area (Å²) in [5.74, 6) is -1.05. The number of pyridine rings is 2. The molecule has 1 aliphatic carbocycles. The molecule has 6 rings (SSSR count). The Bertz CT molecular complexity index is 1740. The second-order valence-electron chi connectivity index (χ2n) is 9.07. The van der Waals surface area contributed by atoms with Crippen LogP contribution in [0, 0.1) is 11.2 Å². The van der Waals surface area contributed by atoms with Gasteiger partial charge in [0.05, 0.1) is 23.1 Å². The molecule has 0 fully saturated rings. The summed E-state index contributed by atoms with van der Waals surface area (Å²) in [6.07, 6.45) is 4.71. The third-order valence-electron chi connectivity index (χ3n) is 6.53. The summed E-state index contributed by atoms with van der Waals surface area (Å²) in [5, 5.41) is 39.2. The van der Waals surface area contributed by atoms with Gasteiger partial charge in [-0.2, -0.15) is 13.8 Å². The number of halogens is 2. The molecule has 1 aliphatic rings. The van der Waals surface area contributed by atoms with E-state index in [1.54, 1.807) is 18.2 Å². The highest BCUT2D eigenvalue weighted by Gasteiger charge is 2.48. The first-order chi connectivity index (χ1) is 18.7. The van der Waals surface area contributed by atoms with Gasteiger partial charge >= 0.3 is 0 Å². The third-order valence-corrected chi connectivity index (χ3v) is 6.77. The summed E-state index contributed by atoms with van der Waals surface area (Å²) in [6.45, 7) is 1.29. The smallest absolute Gasteiger partial charge is 0.235 e. The predicted molar refractivity (Wildman–Crippen MR) is 136 cm³/mol. The Kier molecular flexibility index (Phi) is 5.81. The molecule has 4 heterocycles. The van der Waals surface area contributed by atoms with Gasteiger partial charge in [0.15, 0.2) is 6.20 Å². The molecule has 5 aromatic rings. The van der Waals surface area contributed by atoms with Crippen LogP contribution in [0.15, 0.2) is 55.1 Å². The summed E-state index contributed by atoms with van der Waals surface area (Å²) in [7, 11) is 0. The lowest BCUT2D eigenvalue weighted by Gasteiger charge is -2.20. The first kappa shape index (κ1) is 24.6. The van der Waals surface area contributed by atoms with Crippen LogP contribution in [0.2, 0.25) is 5.02 Å². The number of aryl methyl sites for hydroxylation is 1. The summed E-state index contributed by atoms with van der Waals surface area (Å²) in [5.41, 5.74) is 1.17. The third kappa shape index (κ3) is 4.27. The Balaban J connectivity index is 1.37. The number of carbonyl (C=O) groups excluding carboxylic acids is 1. The van der Waals surface area contributed by atoms with Gasteiger partial charge in [0.2, 0.25) is 23.1 Å². The van der Waals surface area contributed by atoms with Crippen LogP contribution in [0.1, 0.15) is 30.4 Å². The molecule has 0 radical (unpaired) electrons. The van der Waals surface area contributed by atoms with Gasteiger partial charge in [-0.15, -0.1) is 5.10 Å². The number of fused-ring (bicyclic) bond motifs is 1. The van der Waals surface area contributed by atoms with Crippen LogP contribution >= 0.6 is 11.6 Å². The molecular weight excluding hydrogens is 529 g/mol. The van der Waals surface area contributed by atoms with Crippen molar-refractivity contribution in [2.75, 3.05) is 5.32 Å². The molecule has 4 aromatic heterocycles. The summed E-state index contributed by atoms with van der Waals surface area (Å²) in [4.78, 5) is 22.2. The number of benzene rings is 1. The molecule has 0 bridgehead atoms. The average Bonchev–Trinajstić information content (AvgIpc) is 3.65. The maximum atomic E-state index is 14.7. The number of hydrogen-bond donors (Lipinski definition) is 3. The van der Waals surface area contributed by atoms with E-state index in [4.69, 9.17) is 11.6 Å². The fraction of sp³-hybridized carbons (Fsp3) is 0.160. The highest BCUT2D eigenvalue weighted by molar-refractivity contribution is 6.31. The SMILES string of the molecule is CC(=O)Nc1ccc(-c2cnc(C3(O)CCc4cc(-c5cc(Cl)ccc5-n5cnnn5)c[n+]([O-])c43)[nH]2)c(F)n1. The first-order valence-electron chi connectivity index (χ1n) is 11.7. The molecular formula is C25H19ClFN9O3. The number of aromatic nitrogens is 8. The number of rotatable bonds is 5. The van der Waals surface area contributed by atoms with E-state index in [2.05, 4.69) is 35.8 Å². The summed E-state index contributed by atoms with van der Waals surface area (Å²) < 4.78 is 16.8. The van der Waals surface area contributed by atoms with Gasteiger partial charge in [0, 0.05) is 28.6 Å². The van der Waals surface area contributed by atoms with Crippen LogP contribution in [0.3, 0.4) is 0 Å². The fourth-order valence-electron chi connectivity index (χ4n) is 4.84. The van der Waals surface area contributed by atoms with Crippen LogP contribution in [-0.4, -0.2) is 46.2 Å². The first-order valence-corrected chi connectivity index (χ1v) is 12.1. The standard InChI is InChI=1S/C25H19ClFN9O3/c1-13(37)30-21-5-3-17(23(27)32-21)19-10-28-24(31-19)25(38)7-6-14-8-15(11-36(39)22(14)25)18-9-16(26)2-4-20(18)35-12-29-33-34-35/h2-5,8-12,38H,6-7H2,1H3,(H,28,31)(H,30,32,37). The van der Waals surface area contributed by atoms with Crippen molar-refractivity contribution in [2.45, 2.75) is 25.4 Å². The van der Waals surface area contributed by atoms with Crippen LogP contribution in [-0.2, 0) is 16.8 Å². The van der Waals surface area contributed by atoms with Crippen molar-refractivity contribution in [3.05, 3.63) is 88.4 Å². The van der Waals surface area contributed by atoms with Crippen molar-refractivity contribution < 1.29 is 19.0 Å². The number of hydrogen-bond acceptors (Lipinski definition) is 8. The maximum Gasteiger partial charge on any atom is 0.235 e. The van der Waals surface area contributed by atoms with E-state index in [9.17, 15) is 19.5 Å². The zero-order chi connectivity index (χ0) is 27.3. The molecule has 14 heteroatoms. The van der Waals surface area contributed by atoms with Gasteiger partial charge in [-0.1, -0.05) is 11.6 Å². The molecule has 1 unspecified atom stereocenters. The molecule has 0 saturated carbocycles. The largest absolute Gasteiger partial charge is 0.618 e. The van der Waals surface area contributed by atoms with E-state index < -0.39 is 11.5 Å². The van der Waals surface area contributed by atoms with Crippen LogP contribution < -0.4 is 10.0 Å². The van der Waals surface area contributed by atoms with Gasteiger partial charge < -0.3 is 20.6 Å². The normalized spacial score (nSPS) is 16.3. The van der Waals surface area contributed by atoms with Gasteiger partial charge in [-0.05, 0) is 59.7 Å². The Morgan fingerprint density at radius 1 is 1.28 bits per heavy atom. The quantitative estimate of drug-likeness (QED) is 0.172. The average molecular weight is 548 g/mol. The lowest BCUT2D eigenvalue weighted by atomic mass is 9.98. The minimum atomic E-state index is -1.74. The number of anilines is 1. The Labute approximate surface area is 224 Å². The zero-order valence-electron chi connectivity index (χ0n) is 20.3. The van der Waals surface area contributed by atoms with Gasteiger partial charge in [-0.25, -0.2) is 9.97 Å². The number of amides is 1. The van der Waals surface area contributed by atoms with E-state index in [-0.39, 0.29) is 40.9 Å². The highest BCUT2D eigenvalue weighted by Crippen LogP contribution is 2.41. The Morgan fingerprint density at radius 3 is 2.87 bits per heavy atom. The van der Waals surface area contributed by atoms with Crippen LogP contribution in [0.4, 0.5) is 10.2 Å². The molecule has 0 saturated heterocycles. The number of tetrazole rings is 1. The van der Waals surface area contributed by atoms with Crippen molar-refractivity contribution in [2.24, 2.45) is 0 Å². The second-order valence-corrected chi connectivity index (χ2v) is 9.50. The number of nitrogens with one attached hydrogen (secondary N) is 2. The van der Waals surface area contributed by atoms with Gasteiger partial charge in [-0.3, -0.25) is 4.79 Å². The monoisotopic (exact) mass is 547 g/mol. The predicted octanol–water partition coefficient (Wildman–Crippen LogP) is 2.68. The summed E-state index contributed by atoms with van der Waals surface area (Å²) >= 11 is 6.26. The van der Waals surface area contributed by atoms with Crippen molar-refractivity contribution in [3.63, 3.8) is 0 Å². The fourth-order valence-corrected chi connectivity index (χ4v) is 5.01. The number of carbonyl (C=O) groups is 1. The van der Waals surface area contributed by atoms with Crippen molar-refractivity contribution in [3.8, 4) is 28.1 Å². The van der Waals surface area contributed by atoms with Gasteiger partial charge in [0.25, 0.3) is 0 Å². The van der Waals surface area contributed by atoms with Crippen LogP contribution in [0.5, 0.6) is 0 Å². The lowest BCUT2D eigenvalue weighted by molar-refractivity contribution is -0.620. The van der Waals surface area contributed by atoms with E-state index >= 15 is 0 Å². The molecule has 1 amide bonds. The molecule has 1 atom stereocenters. The van der Waals surface area contributed by atoms with Crippen molar-refractivity contribution in [1.29, 1.82) is 0 Å². The Hall–Kier alpha value is -4.75. The topological polar surface area (TPSA) is 161 Å². The molecule has 0 spiro atoms. The highest BCUT2D eigenvalue weighted by atomic mass is 35.5. The van der Waals surface area contributed by atoms with E-state index in [0.29, 0.717) is 38.6 Å². The second kappa shape index (κ2) is 9.22. The zero-order valence-corrected chi connectivity index (χ0v) is 21.0. The van der Waals surface area contributed by atoms with Crippen molar-refractivity contribution in [1.82, 2.24) is 35.2 Å². The summed E-state index contributed by atoms with van der Waals surface area (Å²) in [6, 6.07) is 9.85. The number of aromatic amines is 1.